The summed E-state index contributed by atoms with van der Waals surface area (Å²) in [7, 11) is 3.22. The van der Waals surface area contributed by atoms with Crippen molar-refractivity contribution in [2.45, 2.75) is 43.9 Å². The molecule has 0 bridgehead atoms. The molecule has 2 aromatic rings. The molecule has 0 aromatic heterocycles. The number of phenols is 1. The Balaban J connectivity index is 1.37. The molecule has 2 aromatic carbocycles. The van der Waals surface area contributed by atoms with Gasteiger partial charge < -0.3 is 30.9 Å². The first kappa shape index (κ1) is 30.7. The Labute approximate surface area is 266 Å². The highest BCUT2D eigenvalue weighted by Gasteiger charge is 2.63. The summed E-state index contributed by atoms with van der Waals surface area (Å²) >= 11 is 0. The number of likely N-dealkylation sites (tertiary alicyclic amines) is 2. The van der Waals surface area contributed by atoms with Gasteiger partial charge in [0.1, 0.15) is 35.2 Å². The number of primary amides is 1. The van der Waals surface area contributed by atoms with Crippen LogP contribution < -0.4 is 10.5 Å². The maximum absolute atomic E-state index is 14.4. The van der Waals surface area contributed by atoms with Crippen LogP contribution >= 0.6 is 0 Å². The number of ether oxygens (including phenoxy) is 1. The van der Waals surface area contributed by atoms with Crippen molar-refractivity contribution in [3.8, 4) is 11.5 Å². The van der Waals surface area contributed by atoms with Crippen LogP contribution in [0.5, 0.6) is 11.5 Å². The molecule has 2 heterocycles. The van der Waals surface area contributed by atoms with Gasteiger partial charge in [0.05, 0.1) is 11.6 Å². The maximum Gasteiger partial charge on any atom is 0.255 e. The maximum atomic E-state index is 14.4. The predicted octanol–water partition coefficient (Wildman–Crippen LogP) is 1.56. The Hall–Kier alpha value is -3.97. The van der Waals surface area contributed by atoms with Crippen molar-refractivity contribution in [1.82, 2.24) is 14.7 Å². The fourth-order valence-corrected chi connectivity index (χ4v) is 8.07. The minimum absolute atomic E-state index is 0.0204. The Morgan fingerprint density at radius 3 is 2.37 bits per heavy atom. The summed E-state index contributed by atoms with van der Waals surface area (Å²) in [6, 6.07) is 4.75. The second-order valence-electron chi connectivity index (χ2n) is 13.5. The summed E-state index contributed by atoms with van der Waals surface area (Å²) in [5.74, 6) is -6.21. The van der Waals surface area contributed by atoms with Crippen LogP contribution in [0.4, 0.5) is 0 Å². The number of nitrogens with two attached hydrogens (primary N) is 1. The van der Waals surface area contributed by atoms with Crippen molar-refractivity contribution in [1.29, 1.82) is 0 Å². The number of rotatable bonds is 8. The van der Waals surface area contributed by atoms with Crippen LogP contribution in [0.15, 0.2) is 40.9 Å². The topological polar surface area (TPSA) is 177 Å². The molecule has 12 nitrogen and oxygen atoms in total. The smallest absolute Gasteiger partial charge is 0.255 e. The van der Waals surface area contributed by atoms with E-state index in [4.69, 9.17) is 10.5 Å². The van der Waals surface area contributed by atoms with Gasteiger partial charge in [-0.15, -0.1) is 0 Å². The van der Waals surface area contributed by atoms with Crippen molar-refractivity contribution >= 4 is 28.2 Å². The second-order valence-corrected chi connectivity index (χ2v) is 13.5. The van der Waals surface area contributed by atoms with E-state index in [1.54, 1.807) is 19.0 Å². The number of fused-ring (bicyclic) bond motifs is 4. The summed E-state index contributed by atoms with van der Waals surface area (Å²) < 4.78 is 6.44. The molecule has 0 unspecified atom stereocenters. The lowest BCUT2D eigenvalue weighted by molar-refractivity contribution is -0.148. The molecular weight excluding hydrogens is 592 g/mol. The van der Waals surface area contributed by atoms with E-state index in [2.05, 4.69) is 9.80 Å². The highest BCUT2D eigenvalue weighted by atomic mass is 16.5. The molecule has 46 heavy (non-hydrogen) atoms. The Bertz CT molecular complexity index is 1740. The normalized spacial score (nSPS) is 28.1. The summed E-state index contributed by atoms with van der Waals surface area (Å²) in [6.07, 6.45) is 2.47. The third kappa shape index (κ3) is 4.45. The van der Waals surface area contributed by atoms with Gasteiger partial charge in [-0.05, 0) is 83.5 Å². The van der Waals surface area contributed by atoms with Crippen LogP contribution in [0.25, 0.3) is 10.8 Å². The predicted molar refractivity (Wildman–Crippen MR) is 168 cm³/mol. The Morgan fingerprint density at radius 2 is 1.76 bits per heavy atom. The number of carbonyl (C=O) groups is 3. The van der Waals surface area contributed by atoms with Crippen molar-refractivity contribution in [3.05, 3.63) is 57.6 Å². The fraction of sp³-hybridized carbons (Fsp3) is 0.500. The van der Waals surface area contributed by atoms with Crippen LogP contribution in [-0.4, -0.2) is 118 Å². The molecule has 244 valence electrons. The molecule has 2 saturated heterocycles. The van der Waals surface area contributed by atoms with Crippen LogP contribution in [0.3, 0.4) is 0 Å². The Kier molecular flexibility index (Phi) is 7.39. The Morgan fingerprint density at radius 1 is 1.07 bits per heavy atom. The minimum Gasteiger partial charge on any atom is -0.510 e. The van der Waals surface area contributed by atoms with E-state index in [0.717, 1.165) is 44.6 Å². The molecule has 2 fully saturated rings. The molecule has 1 amide bonds. The fourth-order valence-electron chi connectivity index (χ4n) is 8.07. The van der Waals surface area contributed by atoms with Gasteiger partial charge >= 0.3 is 0 Å². The molecule has 3 aliphatic carbocycles. The van der Waals surface area contributed by atoms with Gasteiger partial charge in [-0.3, -0.25) is 29.1 Å². The lowest BCUT2D eigenvalue weighted by Crippen LogP contribution is -2.63. The van der Waals surface area contributed by atoms with Crippen LogP contribution in [-0.2, 0) is 22.6 Å². The number of benzene rings is 2. The van der Waals surface area contributed by atoms with Gasteiger partial charge in [0, 0.05) is 40.9 Å². The zero-order chi connectivity index (χ0) is 32.7. The van der Waals surface area contributed by atoms with E-state index in [9.17, 15) is 34.8 Å². The quantitative estimate of drug-likeness (QED) is 0.267. The molecule has 6 N–H and O–H groups in total. The van der Waals surface area contributed by atoms with Crippen LogP contribution in [0.1, 0.15) is 40.7 Å². The molecule has 2 aliphatic heterocycles. The van der Waals surface area contributed by atoms with Crippen molar-refractivity contribution in [3.63, 3.8) is 0 Å². The molecule has 0 saturated carbocycles. The van der Waals surface area contributed by atoms with Gasteiger partial charge in [-0.2, -0.15) is 0 Å². The summed E-state index contributed by atoms with van der Waals surface area (Å²) in [5.41, 5.74) is 3.20. The third-order valence-corrected chi connectivity index (χ3v) is 10.7. The van der Waals surface area contributed by atoms with Crippen LogP contribution in [0.2, 0.25) is 0 Å². The number of aliphatic hydroxyl groups excluding tert-OH is 2. The average molecular weight is 633 g/mol. The van der Waals surface area contributed by atoms with Gasteiger partial charge in [0.25, 0.3) is 5.91 Å². The minimum atomic E-state index is -2.68. The highest BCUT2D eigenvalue weighted by Crippen LogP contribution is 2.54. The highest BCUT2D eigenvalue weighted by molar-refractivity contribution is 6.25. The van der Waals surface area contributed by atoms with E-state index in [1.165, 1.54) is 0 Å². The first-order chi connectivity index (χ1) is 21.9. The molecule has 0 spiro atoms. The number of amides is 1. The first-order valence-electron chi connectivity index (χ1n) is 16.0. The van der Waals surface area contributed by atoms with Crippen molar-refractivity contribution in [2.75, 3.05) is 53.4 Å². The van der Waals surface area contributed by atoms with E-state index >= 15 is 0 Å². The second kappa shape index (κ2) is 11.1. The van der Waals surface area contributed by atoms with E-state index in [0.29, 0.717) is 41.8 Å². The monoisotopic (exact) mass is 632 g/mol. The van der Waals surface area contributed by atoms with Gasteiger partial charge in [0.2, 0.25) is 5.78 Å². The number of allylic oxidation sites excluding steroid dienone is 1. The van der Waals surface area contributed by atoms with Gasteiger partial charge in [-0.25, -0.2) is 0 Å². The number of hydrogen-bond acceptors (Lipinski definition) is 11. The lowest BCUT2D eigenvalue weighted by atomic mass is 9.58. The number of Topliss-reactive ketones (excluding diaryl/α,β-unsaturated/α-hetero) is 2. The standard InChI is InChI=1S/C34H40N4O8/c1-36(2)26-22-15-18-14-21-24(28(40)23(18)31(42)34(22,45)32(43)25(29(26)41)33(35)44)27(39)20-13-17(16-38-9-4-10-38)5-6-19(20)30(21)46-12-11-37-7-3-8-37/h5-6,13,18,22,26,39,41-42,45H,3-4,7-12,14-16H2,1-2H3,(H2,35,44)/t18-,22-,26-,34-/m0/s1. The third-order valence-electron chi connectivity index (χ3n) is 10.7. The SMILES string of the molecule is CN(C)[C@@H]1C(O)=C(C(N)=O)C(=O)[C@@]2(O)C(O)=C3C(=O)c4c(c(OCCN5CCC5)c5ccc(CN6CCC6)cc5c4O)C[C@H]3C[C@@H]12. The number of ketones is 2. The van der Waals surface area contributed by atoms with Gasteiger partial charge in [-0.1, -0.05) is 12.1 Å². The number of aromatic hydroxyl groups is 1. The molecule has 12 heteroatoms. The van der Waals surface area contributed by atoms with E-state index in [1.807, 2.05) is 18.2 Å². The molecule has 4 atom stereocenters. The largest absolute Gasteiger partial charge is 0.510 e. The number of hydrogen-bond donors (Lipinski definition) is 5. The lowest BCUT2D eigenvalue weighted by Gasteiger charge is -2.50. The van der Waals surface area contributed by atoms with Crippen molar-refractivity contribution < 1.29 is 39.5 Å². The molecule has 0 radical (unpaired) electrons. The van der Waals surface area contributed by atoms with Crippen molar-refractivity contribution in [2.24, 2.45) is 17.6 Å². The number of carbonyl (C=O) groups excluding carboxylic acids is 3. The number of aliphatic hydroxyl groups is 3. The average Bonchev–Trinajstić information content (AvgIpc) is 2.95. The zero-order valence-corrected chi connectivity index (χ0v) is 26.1. The molecular formula is C34H40N4O8. The summed E-state index contributed by atoms with van der Waals surface area (Å²) in [4.78, 5) is 46.4. The van der Waals surface area contributed by atoms with Crippen LogP contribution in [0, 0.1) is 11.8 Å². The zero-order valence-electron chi connectivity index (χ0n) is 26.1. The van der Waals surface area contributed by atoms with E-state index in [-0.39, 0.29) is 29.7 Å². The molecule has 5 aliphatic rings. The number of likely N-dealkylation sites (N-methyl/N-ethyl adjacent to an activating group) is 1. The first-order valence-corrected chi connectivity index (χ1v) is 16.0. The summed E-state index contributed by atoms with van der Waals surface area (Å²) in [6.45, 7) is 5.78. The summed E-state index contributed by atoms with van der Waals surface area (Å²) in [5, 5.41) is 47.5. The number of phenolic OH excluding ortho intramolecular Hbond substituents is 1. The van der Waals surface area contributed by atoms with Gasteiger partial charge in [0.15, 0.2) is 11.4 Å². The molecule has 7 rings (SSSR count). The number of nitrogens with zero attached hydrogens (tertiary/aromatic N) is 3. The van der Waals surface area contributed by atoms with E-state index < -0.39 is 58.0 Å².